The van der Waals surface area contributed by atoms with E-state index < -0.39 is 6.04 Å². The quantitative estimate of drug-likeness (QED) is 0.582. The van der Waals surface area contributed by atoms with E-state index in [1.165, 1.54) is 5.56 Å². The predicted octanol–water partition coefficient (Wildman–Crippen LogP) is 4.80. The molecule has 0 saturated carbocycles. The standard InChI is InChI=1S/C23H21BrN2O2/c1-16(25-23(28)19-11-7-12-20(24)15-19)22(27)26-21-13-6-5-10-18(21)14-17-8-3-2-4-9-17/h2-13,15-16H,14H2,1H3,(H,25,28)(H,26,27). The Morgan fingerprint density at radius 2 is 1.64 bits per heavy atom. The highest BCUT2D eigenvalue weighted by atomic mass is 79.9. The molecule has 5 heteroatoms. The summed E-state index contributed by atoms with van der Waals surface area (Å²) in [4.78, 5) is 25.0. The lowest BCUT2D eigenvalue weighted by atomic mass is 10.0. The first-order chi connectivity index (χ1) is 13.5. The van der Waals surface area contributed by atoms with E-state index in [1.807, 2.05) is 48.5 Å². The molecule has 0 spiro atoms. The molecule has 0 aliphatic rings. The Bertz CT molecular complexity index is 973. The van der Waals surface area contributed by atoms with Gasteiger partial charge in [-0.25, -0.2) is 0 Å². The lowest BCUT2D eigenvalue weighted by molar-refractivity contribution is -0.117. The molecule has 4 nitrogen and oxygen atoms in total. The van der Waals surface area contributed by atoms with Crippen LogP contribution in [-0.4, -0.2) is 17.9 Å². The van der Waals surface area contributed by atoms with Gasteiger partial charge in [0, 0.05) is 15.7 Å². The number of carbonyl (C=O) groups is 2. The molecule has 0 fully saturated rings. The van der Waals surface area contributed by atoms with E-state index in [0.717, 1.165) is 22.1 Å². The van der Waals surface area contributed by atoms with E-state index in [-0.39, 0.29) is 11.8 Å². The minimum absolute atomic E-state index is 0.260. The largest absolute Gasteiger partial charge is 0.341 e. The summed E-state index contributed by atoms with van der Waals surface area (Å²) in [7, 11) is 0. The van der Waals surface area contributed by atoms with E-state index in [1.54, 1.807) is 25.1 Å². The third-order valence-corrected chi connectivity index (χ3v) is 4.83. The molecule has 0 aromatic heterocycles. The zero-order valence-corrected chi connectivity index (χ0v) is 17.1. The van der Waals surface area contributed by atoms with E-state index in [4.69, 9.17) is 0 Å². The molecule has 28 heavy (non-hydrogen) atoms. The number of nitrogens with one attached hydrogen (secondary N) is 2. The first-order valence-electron chi connectivity index (χ1n) is 9.02. The first-order valence-corrected chi connectivity index (χ1v) is 9.81. The highest BCUT2D eigenvalue weighted by molar-refractivity contribution is 9.10. The number of halogens is 1. The average molecular weight is 437 g/mol. The molecule has 3 aromatic carbocycles. The molecule has 0 heterocycles. The Labute approximate surface area is 173 Å². The van der Waals surface area contributed by atoms with Crippen LogP contribution in [0.1, 0.15) is 28.4 Å². The average Bonchev–Trinajstić information content (AvgIpc) is 2.70. The van der Waals surface area contributed by atoms with E-state index in [2.05, 4.69) is 38.7 Å². The van der Waals surface area contributed by atoms with Gasteiger partial charge in [0.1, 0.15) is 6.04 Å². The fourth-order valence-corrected chi connectivity index (χ4v) is 3.23. The smallest absolute Gasteiger partial charge is 0.251 e. The summed E-state index contributed by atoms with van der Waals surface area (Å²) in [6.07, 6.45) is 0.718. The van der Waals surface area contributed by atoms with Crippen molar-refractivity contribution in [3.05, 3.63) is 100 Å². The number of rotatable bonds is 6. The molecule has 0 aliphatic heterocycles. The SMILES string of the molecule is CC(NC(=O)c1cccc(Br)c1)C(=O)Nc1ccccc1Cc1ccccc1. The van der Waals surface area contributed by atoms with Crippen LogP contribution in [0.5, 0.6) is 0 Å². The fraction of sp³-hybridized carbons (Fsp3) is 0.130. The van der Waals surface area contributed by atoms with Crippen LogP contribution in [-0.2, 0) is 11.2 Å². The maximum atomic E-state index is 12.6. The van der Waals surface area contributed by atoms with Crippen molar-refractivity contribution in [1.82, 2.24) is 5.32 Å². The van der Waals surface area contributed by atoms with Crippen molar-refractivity contribution in [3.8, 4) is 0 Å². The van der Waals surface area contributed by atoms with Gasteiger partial charge in [-0.2, -0.15) is 0 Å². The molecule has 0 bridgehead atoms. The van der Waals surface area contributed by atoms with Crippen molar-refractivity contribution in [1.29, 1.82) is 0 Å². The molecule has 3 aromatic rings. The van der Waals surface area contributed by atoms with Gasteiger partial charge in [0.2, 0.25) is 5.91 Å². The Morgan fingerprint density at radius 3 is 2.39 bits per heavy atom. The molecule has 2 N–H and O–H groups in total. The van der Waals surface area contributed by atoms with Gasteiger partial charge in [0.05, 0.1) is 0 Å². The summed E-state index contributed by atoms with van der Waals surface area (Å²) in [5, 5.41) is 5.68. The van der Waals surface area contributed by atoms with E-state index in [9.17, 15) is 9.59 Å². The molecule has 142 valence electrons. The van der Waals surface area contributed by atoms with Crippen molar-refractivity contribution < 1.29 is 9.59 Å². The molecule has 1 unspecified atom stereocenters. The molecule has 0 aliphatic carbocycles. The van der Waals surface area contributed by atoms with Crippen molar-refractivity contribution in [2.24, 2.45) is 0 Å². The zero-order chi connectivity index (χ0) is 19.9. The van der Waals surface area contributed by atoms with Gasteiger partial charge in [0.25, 0.3) is 5.91 Å². The van der Waals surface area contributed by atoms with Gasteiger partial charge in [-0.3, -0.25) is 9.59 Å². The Hall–Kier alpha value is -2.92. The third kappa shape index (κ3) is 5.30. The van der Waals surface area contributed by atoms with Crippen molar-refractivity contribution in [2.75, 3.05) is 5.32 Å². The molecule has 1 atom stereocenters. The highest BCUT2D eigenvalue weighted by Crippen LogP contribution is 2.19. The van der Waals surface area contributed by atoms with E-state index in [0.29, 0.717) is 5.56 Å². The number of benzene rings is 3. The second-order valence-electron chi connectivity index (χ2n) is 6.51. The third-order valence-electron chi connectivity index (χ3n) is 4.34. The molecule has 0 saturated heterocycles. The van der Waals surface area contributed by atoms with Crippen molar-refractivity contribution >= 4 is 33.4 Å². The summed E-state index contributed by atoms with van der Waals surface area (Å²) in [6, 6.07) is 24.2. The molecule has 3 rings (SSSR count). The van der Waals surface area contributed by atoms with Crippen LogP contribution in [0.2, 0.25) is 0 Å². The fourth-order valence-electron chi connectivity index (χ4n) is 2.83. The second-order valence-corrected chi connectivity index (χ2v) is 7.43. The minimum Gasteiger partial charge on any atom is -0.341 e. The highest BCUT2D eigenvalue weighted by Gasteiger charge is 2.18. The van der Waals surface area contributed by atoms with Gasteiger partial charge in [-0.15, -0.1) is 0 Å². The van der Waals surface area contributed by atoms with Gasteiger partial charge in [0.15, 0.2) is 0 Å². The van der Waals surface area contributed by atoms with Crippen LogP contribution in [0, 0.1) is 0 Å². The topological polar surface area (TPSA) is 58.2 Å². The van der Waals surface area contributed by atoms with Crippen LogP contribution in [0.4, 0.5) is 5.69 Å². The lowest BCUT2D eigenvalue weighted by Crippen LogP contribution is -2.41. The Kier molecular flexibility index (Phi) is 6.61. The van der Waals surface area contributed by atoms with Crippen LogP contribution < -0.4 is 10.6 Å². The van der Waals surface area contributed by atoms with Gasteiger partial charge in [-0.1, -0.05) is 70.5 Å². The zero-order valence-electron chi connectivity index (χ0n) is 15.5. The maximum absolute atomic E-state index is 12.6. The number of para-hydroxylation sites is 1. The number of hydrogen-bond donors (Lipinski definition) is 2. The number of anilines is 1. The van der Waals surface area contributed by atoms with Crippen molar-refractivity contribution in [3.63, 3.8) is 0 Å². The summed E-state index contributed by atoms with van der Waals surface area (Å²) in [6.45, 7) is 1.67. The number of hydrogen-bond acceptors (Lipinski definition) is 2. The molecular weight excluding hydrogens is 416 g/mol. The van der Waals surface area contributed by atoms with E-state index >= 15 is 0 Å². The van der Waals surface area contributed by atoms with Crippen LogP contribution in [0.15, 0.2) is 83.3 Å². The number of carbonyl (C=O) groups excluding carboxylic acids is 2. The lowest BCUT2D eigenvalue weighted by Gasteiger charge is -2.16. The Balaban J connectivity index is 1.66. The monoisotopic (exact) mass is 436 g/mol. The van der Waals surface area contributed by atoms with Crippen LogP contribution >= 0.6 is 15.9 Å². The van der Waals surface area contributed by atoms with Gasteiger partial charge < -0.3 is 10.6 Å². The van der Waals surface area contributed by atoms with Gasteiger partial charge >= 0.3 is 0 Å². The molecule has 2 amide bonds. The van der Waals surface area contributed by atoms with Crippen LogP contribution in [0.3, 0.4) is 0 Å². The predicted molar refractivity (Wildman–Crippen MR) is 115 cm³/mol. The minimum atomic E-state index is -0.670. The number of amides is 2. The van der Waals surface area contributed by atoms with Gasteiger partial charge in [-0.05, 0) is 48.7 Å². The second kappa shape index (κ2) is 9.33. The summed E-state index contributed by atoms with van der Waals surface area (Å²) < 4.78 is 0.812. The summed E-state index contributed by atoms with van der Waals surface area (Å²) >= 11 is 3.35. The normalized spacial score (nSPS) is 11.5. The summed E-state index contributed by atoms with van der Waals surface area (Å²) in [5.74, 6) is -0.551. The van der Waals surface area contributed by atoms with Crippen molar-refractivity contribution in [2.45, 2.75) is 19.4 Å². The molecule has 0 radical (unpaired) electrons. The first kappa shape index (κ1) is 19.8. The maximum Gasteiger partial charge on any atom is 0.251 e. The molecular formula is C23H21BrN2O2. The Morgan fingerprint density at radius 1 is 0.929 bits per heavy atom. The summed E-state index contributed by atoms with van der Waals surface area (Å²) in [5.41, 5.74) is 3.44. The van der Waals surface area contributed by atoms with Crippen LogP contribution in [0.25, 0.3) is 0 Å².